The zero-order valence-corrected chi connectivity index (χ0v) is 20.9. The Morgan fingerprint density at radius 3 is 2.21 bits per heavy atom. The highest BCUT2D eigenvalue weighted by atomic mass is 16.4. The van der Waals surface area contributed by atoms with E-state index in [0.29, 0.717) is 18.2 Å². The number of rotatable bonds is 9. The second kappa shape index (κ2) is 11.6. The van der Waals surface area contributed by atoms with Crippen molar-refractivity contribution in [2.75, 3.05) is 5.32 Å². The molecule has 33 heavy (non-hydrogen) atoms. The van der Waals surface area contributed by atoms with Crippen LogP contribution in [0.3, 0.4) is 0 Å². The van der Waals surface area contributed by atoms with E-state index < -0.39 is 35.2 Å². The van der Waals surface area contributed by atoms with Crippen LogP contribution in [-0.4, -0.2) is 33.9 Å². The minimum atomic E-state index is -1.18. The van der Waals surface area contributed by atoms with E-state index in [2.05, 4.69) is 36.4 Å². The molecule has 0 bridgehead atoms. The molecule has 184 valence electrons. The van der Waals surface area contributed by atoms with E-state index in [1.54, 1.807) is 24.4 Å². The van der Waals surface area contributed by atoms with Crippen molar-refractivity contribution >= 4 is 23.6 Å². The van der Waals surface area contributed by atoms with E-state index in [4.69, 9.17) is 0 Å². The lowest BCUT2D eigenvalue weighted by Gasteiger charge is -2.37. The van der Waals surface area contributed by atoms with Crippen LogP contribution in [0.2, 0.25) is 0 Å². The molecular weight excluding hydrogens is 418 g/mol. The predicted molar refractivity (Wildman–Crippen MR) is 129 cm³/mol. The van der Waals surface area contributed by atoms with Crippen LogP contribution in [0.25, 0.3) is 0 Å². The topological polar surface area (TPSA) is 108 Å². The fourth-order valence-corrected chi connectivity index (χ4v) is 4.89. The number of aliphatic carboxylic acids is 1. The molecule has 2 amide bonds. The van der Waals surface area contributed by atoms with Gasteiger partial charge in [0.1, 0.15) is 17.8 Å². The highest BCUT2D eigenvalue weighted by Crippen LogP contribution is 2.40. The minimum absolute atomic E-state index is 0.200. The number of carboxylic acids is 1. The third-order valence-electron chi connectivity index (χ3n) is 6.72. The second-order valence-electron chi connectivity index (χ2n) is 11.1. The largest absolute Gasteiger partial charge is 0.481 e. The second-order valence-corrected chi connectivity index (χ2v) is 11.1. The Balaban J connectivity index is 2.26. The molecule has 1 aliphatic rings. The summed E-state index contributed by atoms with van der Waals surface area (Å²) in [5, 5.41) is 15.7. The van der Waals surface area contributed by atoms with E-state index in [1.165, 1.54) is 0 Å². The number of carbonyl (C=O) groups excluding carboxylic acids is 2. The van der Waals surface area contributed by atoms with Gasteiger partial charge >= 0.3 is 5.97 Å². The molecule has 1 heterocycles. The third kappa shape index (κ3) is 7.83. The summed E-state index contributed by atoms with van der Waals surface area (Å²) in [6.45, 7) is 11.9. The lowest BCUT2D eigenvalue weighted by molar-refractivity contribution is -0.152. The minimum Gasteiger partial charge on any atom is -0.481 e. The molecular formula is C26H41N3O4. The van der Waals surface area contributed by atoms with E-state index in [-0.39, 0.29) is 17.8 Å². The first kappa shape index (κ1) is 26.8. The maximum absolute atomic E-state index is 13.4. The van der Waals surface area contributed by atoms with E-state index in [0.717, 1.165) is 25.7 Å². The average molecular weight is 460 g/mol. The monoisotopic (exact) mass is 459 g/mol. The Morgan fingerprint density at radius 1 is 1.09 bits per heavy atom. The van der Waals surface area contributed by atoms with Crippen molar-refractivity contribution in [1.29, 1.82) is 0 Å². The van der Waals surface area contributed by atoms with Crippen molar-refractivity contribution in [3.8, 4) is 0 Å². The van der Waals surface area contributed by atoms with Gasteiger partial charge in [0.2, 0.25) is 11.8 Å². The molecule has 0 saturated heterocycles. The van der Waals surface area contributed by atoms with Crippen molar-refractivity contribution in [3.05, 3.63) is 24.4 Å². The lowest BCUT2D eigenvalue weighted by atomic mass is 9.68. The number of hydrogen-bond donors (Lipinski definition) is 3. The third-order valence-corrected chi connectivity index (χ3v) is 6.72. The molecule has 3 N–H and O–H groups in total. The van der Waals surface area contributed by atoms with Crippen LogP contribution in [0.15, 0.2) is 24.4 Å². The quantitative estimate of drug-likeness (QED) is 0.462. The van der Waals surface area contributed by atoms with Crippen LogP contribution < -0.4 is 10.6 Å². The number of nitrogens with zero attached hydrogens (tertiary/aromatic N) is 1. The summed E-state index contributed by atoms with van der Waals surface area (Å²) in [4.78, 5) is 43.0. The molecule has 2 rings (SSSR count). The Hall–Kier alpha value is -2.44. The van der Waals surface area contributed by atoms with E-state index in [9.17, 15) is 19.5 Å². The van der Waals surface area contributed by atoms with Crippen LogP contribution in [0.4, 0.5) is 5.82 Å². The summed E-state index contributed by atoms with van der Waals surface area (Å²) in [5.41, 5.74) is -0.620. The van der Waals surface area contributed by atoms with Gasteiger partial charge in [0.05, 0.1) is 0 Å². The molecule has 1 aliphatic carbocycles. The van der Waals surface area contributed by atoms with Gasteiger partial charge in [-0.05, 0) is 60.5 Å². The average Bonchev–Trinajstić information content (AvgIpc) is 2.71. The van der Waals surface area contributed by atoms with Crippen molar-refractivity contribution in [2.45, 2.75) is 79.7 Å². The summed E-state index contributed by atoms with van der Waals surface area (Å²) in [6, 6.07) is 4.27. The summed E-state index contributed by atoms with van der Waals surface area (Å²) in [6.07, 6.45) is 6.25. The van der Waals surface area contributed by atoms with Crippen LogP contribution in [-0.2, 0) is 14.4 Å². The molecule has 3 atom stereocenters. The number of carbonyl (C=O) groups is 3. The van der Waals surface area contributed by atoms with Gasteiger partial charge in [-0.15, -0.1) is 0 Å². The van der Waals surface area contributed by atoms with Gasteiger partial charge in [-0.3, -0.25) is 14.4 Å². The van der Waals surface area contributed by atoms with E-state index in [1.807, 2.05) is 20.8 Å². The number of carboxylic acid groups (broad SMARTS) is 1. The number of pyridine rings is 1. The van der Waals surface area contributed by atoms with Crippen molar-refractivity contribution < 1.29 is 19.5 Å². The molecule has 1 fully saturated rings. The zero-order chi connectivity index (χ0) is 24.8. The normalized spacial score (nSPS) is 21.7. The predicted octanol–water partition coefficient (Wildman–Crippen LogP) is 4.74. The van der Waals surface area contributed by atoms with Crippen molar-refractivity contribution in [2.24, 2.45) is 35.0 Å². The number of aromatic nitrogens is 1. The summed E-state index contributed by atoms with van der Waals surface area (Å²) < 4.78 is 0. The molecule has 0 spiro atoms. The molecule has 0 aliphatic heterocycles. The first-order chi connectivity index (χ1) is 15.4. The maximum atomic E-state index is 13.4. The fraction of sp³-hybridized carbons (Fsp3) is 0.692. The van der Waals surface area contributed by atoms with Gasteiger partial charge in [0.25, 0.3) is 0 Å². The van der Waals surface area contributed by atoms with Gasteiger partial charge in [0, 0.05) is 6.20 Å². The van der Waals surface area contributed by atoms with Gasteiger partial charge < -0.3 is 15.7 Å². The maximum Gasteiger partial charge on any atom is 0.316 e. The van der Waals surface area contributed by atoms with Crippen LogP contribution in [0.1, 0.15) is 73.6 Å². The number of nitrogens with one attached hydrogen (secondary N) is 2. The van der Waals surface area contributed by atoms with Gasteiger partial charge in [-0.2, -0.15) is 0 Å². The SMILES string of the molecule is CC(C)C[C@H](C1CCC(C)CC1)[C@H](C(=O)O)C(=O)NC(C(=O)Nc1ccccn1)C(C)(C)C. The Labute approximate surface area is 198 Å². The number of amides is 2. The molecule has 1 aromatic heterocycles. The Kier molecular flexibility index (Phi) is 9.44. The van der Waals surface area contributed by atoms with Crippen molar-refractivity contribution in [1.82, 2.24) is 10.3 Å². The molecule has 0 radical (unpaired) electrons. The van der Waals surface area contributed by atoms with Gasteiger partial charge in [0.15, 0.2) is 0 Å². The summed E-state index contributed by atoms with van der Waals surface area (Å²) in [5.74, 6) is -2.05. The summed E-state index contributed by atoms with van der Waals surface area (Å²) in [7, 11) is 0. The van der Waals surface area contributed by atoms with Gasteiger partial charge in [-0.25, -0.2) is 4.98 Å². The lowest BCUT2D eigenvalue weighted by Crippen LogP contribution is -2.55. The van der Waals surface area contributed by atoms with Crippen LogP contribution in [0.5, 0.6) is 0 Å². The first-order valence-electron chi connectivity index (χ1n) is 12.1. The highest BCUT2D eigenvalue weighted by Gasteiger charge is 2.43. The molecule has 1 unspecified atom stereocenters. The van der Waals surface area contributed by atoms with Crippen molar-refractivity contribution in [3.63, 3.8) is 0 Å². The number of anilines is 1. The highest BCUT2D eigenvalue weighted by molar-refractivity contribution is 6.02. The Bertz CT molecular complexity index is 796. The van der Waals surface area contributed by atoms with E-state index >= 15 is 0 Å². The first-order valence-corrected chi connectivity index (χ1v) is 12.1. The van der Waals surface area contributed by atoms with Gasteiger partial charge in [-0.1, -0.05) is 60.5 Å². The number of hydrogen-bond acceptors (Lipinski definition) is 4. The zero-order valence-electron chi connectivity index (χ0n) is 20.9. The molecule has 7 heteroatoms. The molecule has 1 aromatic rings. The molecule has 0 aromatic carbocycles. The Morgan fingerprint density at radius 2 is 1.73 bits per heavy atom. The molecule has 1 saturated carbocycles. The smallest absolute Gasteiger partial charge is 0.316 e. The summed E-state index contributed by atoms with van der Waals surface area (Å²) >= 11 is 0. The standard InChI is InChI=1S/C26H41N3O4/c1-16(2)15-19(18-12-10-17(3)11-13-18)21(25(32)33)23(30)29-22(26(4,5)6)24(31)28-20-9-7-8-14-27-20/h7-9,14,16-19,21-22H,10-13,15H2,1-6H3,(H,29,30)(H,32,33)(H,27,28,31)/t17?,18?,19-,21+,22?/m1/s1. The van der Waals surface area contributed by atoms with Crippen LogP contribution >= 0.6 is 0 Å². The molecule has 7 nitrogen and oxygen atoms in total. The fourth-order valence-electron chi connectivity index (χ4n) is 4.89. The van der Waals surface area contributed by atoms with Crippen LogP contribution in [0, 0.1) is 35.0 Å².